The molecule has 1 aliphatic rings. The summed E-state index contributed by atoms with van der Waals surface area (Å²) >= 11 is 0. The Balaban J connectivity index is 2.29. The second-order valence-corrected chi connectivity index (χ2v) is 5.03. The van der Waals surface area contributed by atoms with Crippen LogP contribution in [0.3, 0.4) is 0 Å². The minimum absolute atomic E-state index is 0.408. The van der Waals surface area contributed by atoms with Crippen LogP contribution < -0.4 is 16.4 Å². The van der Waals surface area contributed by atoms with Crippen molar-refractivity contribution in [1.29, 1.82) is 0 Å². The van der Waals surface area contributed by atoms with E-state index in [1.165, 1.54) is 12.8 Å². The summed E-state index contributed by atoms with van der Waals surface area (Å²) in [6.07, 6.45) is 3.64. The molecule has 0 bridgehead atoms. The van der Waals surface area contributed by atoms with Gasteiger partial charge in [0.25, 0.3) is 5.91 Å². The molecule has 0 atom stereocenters. The van der Waals surface area contributed by atoms with Crippen molar-refractivity contribution in [1.82, 2.24) is 0 Å². The molecule has 0 aromatic heterocycles. The molecule has 4 N–H and O–H groups in total. The summed E-state index contributed by atoms with van der Waals surface area (Å²) < 4.78 is 0. The van der Waals surface area contributed by atoms with E-state index < -0.39 is 5.91 Å². The highest BCUT2D eigenvalue weighted by atomic mass is 16.1. The van der Waals surface area contributed by atoms with Gasteiger partial charge in [-0.3, -0.25) is 4.79 Å². The van der Waals surface area contributed by atoms with Crippen LogP contribution >= 0.6 is 0 Å². The van der Waals surface area contributed by atoms with Crippen LogP contribution in [0.25, 0.3) is 0 Å². The van der Waals surface area contributed by atoms with Crippen LogP contribution in [0.4, 0.5) is 11.4 Å². The first-order chi connectivity index (χ1) is 8.61. The first-order valence-electron chi connectivity index (χ1n) is 6.56. The number of benzene rings is 1. The summed E-state index contributed by atoms with van der Waals surface area (Å²) in [7, 11) is 0. The van der Waals surface area contributed by atoms with Crippen molar-refractivity contribution in [3.05, 3.63) is 23.8 Å². The fraction of sp³-hybridized carbons (Fsp3) is 0.500. The number of primary amides is 1. The van der Waals surface area contributed by atoms with Crippen molar-refractivity contribution in [3.8, 4) is 0 Å². The van der Waals surface area contributed by atoms with Gasteiger partial charge in [-0.15, -0.1) is 0 Å². The van der Waals surface area contributed by atoms with Crippen LogP contribution in [-0.4, -0.2) is 19.0 Å². The topological polar surface area (TPSA) is 72.3 Å². The fourth-order valence-electron chi connectivity index (χ4n) is 2.22. The largest absolute Gasteiger partial charge is 0.399 e. The molecule has 1 amide bonds. The Hall–Kier alpha value is -1.71. The van der Waals surface area contributed by atoms with E-state index in [-0.39, 0.29) is 0 Å². The molecule has 98 valence electrons. The maximum Gasteiger partial charge on any atom is 0.250 e. The van der Waals surface area contributed by atoms with Crippen LogP contribution in [0, 0.1) is 5.92 Å². The number of hydrogen-bond acceptors (Lipinski definition) is 3. The molecule has 1 saturated carbocycles. The van der Waals surface area contributed by atoms with Crippen molar-refractivity contribution < 1.29 is 4.79 Å². The highest BCUT2D eigenvalue weighted by Crippen LogP contribution is 2.33. The van der Waals surface area contributed by atoms with Crippen molar-refractivity contribution in [2.45, 2.75) is 26.2 Å². The summed E-state index contributed by atoms with van der Waals surface area (Å²) in [4.78, 5) is 13.8. The highest BCUT2D eigenvalue weighted by molar-refractivity contribution is 5.99. The first kappa shape index (κ1) is 12.7. The third-order valence-corrected chi connectivity index (χ3v) is 3.30. The SMILES string of the molecule is CCCN(CC1CC1)c1ccc(N)cc1C(N)=O. The molecule has 1 aromatic rings. The summed E-state index contributed by atoms with van der Waals surface area (Å²) in [5.74, 6) is 0.365. The highest BCUT2D eigenvalue weighted by Gasteiger charge is 2.25. The lowest BCUT2D eigenvalue weighted by atomic mass is 10.1. The smallest absolute Gasteiger partial charge is 0.250 e. The second kappa shape index (κ2) is 5.29. The molecule has 0 radical (unpaired) electrons. The van der Waals surface area contributed by atoms with E-state index in [0.717, 1.165) is 31.1 Å². The maximum absolute atomic E-state index is 11.5. The van der Waals surface area contributed by atoms with Gasteiger partial charge in [-0.1, -0.05) is 6.92 Å². The molecule has 0 heterocycles. The average Bonchev–Trinajstić information content (AvgIpc) is 3.12. The van der Waals surface area contributed by atoms with Gasteiger partial charge in [0.1, 0.15) is 0 Å². The van der Waals surface area contributed by atoms with E-state index in [1.54, 1.807) is 6.07 Å². The molecule has 1 aromatic carbocycles. The maximum atomic E-state index is 11.5. The van der Waals surface area contributed by atoms with Gasteiger partial charge >= 0.3 is 0 Å². The first-order valence-corrected chi connectivity index (χ1v) is 6.56. The van der Waals surface area contributed by atoms with Gasteiger partial charge in [0.15, 0.2) is 0 Å². The van der Waals surface area contributed by atoms with E-state index in [9.17, 15) is 4.79 Å². The Morgan fingerprint density at radius 2 is 2.17 bits per heavy atom. The molecule has 2 rings (SSSR count). The predicted molar refractivity (Wildman–Crippen MR) is 74.6 cm³/mol. The summed E-state index contributed by atoms with van der Waals surface area (Å²) in [6.45, 7) is 4.10. The molecule has 18 heavy (non-hydrogen) atoms. The minimum atomic E-state index is -0.408. The van der Waals surface area contributed by atoms with Crippen molar-refractivity contribution in [3.63, 3.8) is 0 Å². The second-order valence-electron chi connectivity index (χ2n) is 5.03. The third-order valence-electron chi connectivity index (χ3n) is 3.30. The van der Waals surface area contributed by atoms with Gasteiger partial charge in [-0.05, 0) is 43.4 Å². The monoisotopic (exact) mass is 247 g/mol. The fourth-order valence-corrected chi connectivity index (χ4v) is 2.22. The van der Waals surface area contributed by atoms with Crippen LogP contribution in [0.5, 0.6) is 0 Å². The number of anilines is 2. The Morgan fingerprint density at radius 1 is 1.44 bits per heavy atom. The Kier molecular flexibility index (Phi) is 3.75. The van der Waals surface area contributed by atoms with E-state index >= 15 is 0 Å². The van der Waals surface area contributed by atoms with Gasteiger partial charge in [-0.25, -0.2) is 0 Å². The minimum Gasteiger partial charge on any atom is -0.399 e. The van der Waals surface area contributed by atoms with Gasteiger partial charge in [0, 0.05) is 24.5 Å². The molecule has 0 unspecified atom stereocenters. The van der Waals surface area contributed by atoms with Crippen molar-refractivity contribution >= 4 is 17.3 Å². The van der Waals surface area contributed by atoms with Gasteiger partial charge in [0.05, 0.1) is 5.56 Å². The van der Waals surface area contributed by atoms with E-state index in [1.807, 2.05) is 12.1 Å². The molecular formula is C14H21N3O. The number of nitrogens with two attached hydrogens (primary N) is 2. The molecule has 4 heteroatoms. The van der Waals surface area contributed by atoms with Crippen LogP contribution in [0.15, 0.2) is 18.2 Å². The van der Waals surface area contributed by atoms with Crippen LogP contribution in [-0.2, 0) is 0 Å². The number of nitrogens with zero attached hydrogens (tertiary/aromatic N) is 1. The lowest BCUT2D eigenvalue weighted by molar-refractivity contribution is 0.100. The number of amides is 1. The normalized spacial score (nSPS) is 14.5. The third kappa shape index (κ3) is 2.94. The number of rotatable bonds is 6. The zero-order valence-corrected chi connectivity index (χ0v) is 10.9. The van der Waals surface area contributed by atoms with Gasteiger partial charge in [0.2, 0.25) is 0 Å². The van der Waals surface area contributed by atoms with Crippen molar-refractivity contribution in [2.24, 2.45) is 11.7 Å². The van der Waals surface area contributed by atoms with Crippen LogP contribution in [0.1, 0.15) is 36.5 Å². The van der Waals surface area contributed by atoms with E-state index in [2.05, 4.69) is 11.8 Å². The lowest BCUT2D eigenvalue weighted by Crippen LogP contribution is -2.29. The quantitative estimate of drug-likeness (QED) is 0.755. The number of nitrogen functional groups attached to an aromatic ring is 1. The summed E-state index contributed by atoms with van der Waals surface area (Å²) in [5.41, 5.74) is 13.2. The molecule has 1 aliphatic carbocycles. The number of carbonyl (C=O) groups is 1. The Labute approximate surface area is 108 Å². The standard InChI is InChI=1S/C14H21N3O/c1-2-7-17(9-10-3-4-10)13-6-5-11(15)8-12(13)14(16)18/h5-6,8,10H,2-4,7,9,15H2,1H3,(H2,16,18). The van der Waals surface area contributed by atoms with Gasteiger partial charge in [-0.2, -0.15) is 0 Å². The zero-order valence-electron chi connectivity index (χ0n) is 10.9. The predicted octanol–water partition coefficient (Wildman–Crippen LogP) is 1.99. The van der Waals surface area contributed by atoms with Crippen molar-refractivity contribution in [2.75, 3.05) is 23.7 Å². The molecule has 4 nitrogen and oxygen atoms in total. The average molecular weight is 247 g/mol. The Bertz CT molecular complexity index is 441. The number of hydrogen-bond donors (Lipinski definition) is 2. The Morgan fingerprint density at radius 3 is 2.72 bits per heavy atom. The zero-order chi connectivity index (χ0) is 13.1. The van der Waals surface area contributed by atoms with Crippen LogP contribution in [0.2, 0.25) is 0 Å². The molecule has 0 saturated heterocycles. The molecular weight excluding hydrogens is 226 g/mol. The van der Waals surface area contributed by atoms with E-state index in [0.29, 0.717) is 11.3 Å². The number of carbonyl (C=O) groups excluding carboxylic acids is 1. The molecule has 0 spiro atoms. The lowest BCUT2D eigenvalue weighted by Gasteiger charge is -2.26. The summed E-state index contributed by atoms with van der Waals surface area (Å²) in [6, 6.07) is 5.41. The van der Waals surface area contributed by atoms with Gasteiger partial charge < -0.3 is 16.4 Å². The summed E-state index contributed by atoms with van der Waals surface area (Å²) in [5, 5.41) is 0. The molecule has 1 fully saturated rings. The van der Waals surface area contributed by atoms with E-state index in [4.69, 9.17) is 11.5 Å². The molecule has 0 aliphatic heterocycles.